The molecule has 2 heterocycles. The molecule has 0 aliphatic heterocycles. The van der Waals surface area contributed by atoms with Crippen LogP contribution in [0.2, 0.25) is 0 Å². The lowest BCUT2D eigenvalue weighted by Gasteiger charge is -2.23. The maximum atomic E-state index is 12.5. The van der Waals surface area contributed by atoms with E-state index in [9.17, 15) is 9.59 Å². The molecule has 1 aromatic carbocycles. The zero-order valence-electron chi connectivity index (χ0n) is 16.0. The van der Waals surface area contributed by atoms with Gasteiger partial charge in [-0.15, -0.1) is 11.3 Å². The van der Waals surface area contributed by atoms with Gasteiger partial charge in [-0.3, -0.25) is 4.79 Å². The molecule has 0 fully saturated rings. The van der Waals surface area contributed by atoms with E-state index in [0.717, 1.165) is 20.8 Å². The number of esters is 1. The Bertz CT molecular complexity index is 972. The third-order valence-electron chi connectivity index (χ3n) is 4.73. The van der Waals surface area contributed by atoms with Gasteiger partial charge in [0, 0.05) is 12.6 Å². The minimum Gasteiger partial charge on any atom is -0.465 e. The second-order valence-corrected chi connectivity index (χ2v) is 7.55. The number of carbonyl (C=O) groups is 2. The Morgan fingerprint density at radius 1 is 1.22 bits per heavy atom. The standard InChI is InChI=1S/C20H22N2O4S/c1-11-13(3)26-14(4)18(11)20(24)25-10-17(23)22(5)12(2)19-21-15-8-6-7-9-16(15)27-19/h6-9,12H,10H2,1-5H3/t12-/m0/s1. The molecule has 27 heavy (non-hydrogen) atoms. The van der Waals surface area contributed by atoms with Gasteiger partial charge in [0.15, 0.2) is 6.61 Å². The van der Waals surface area contributed by atoms with E-state index in [1.54, 1.807) is 44.1 Å². The normalized spacial score (nSPS) is 12.2. The highest BCUT2D eigenvalue weighted by Gasteiger charge is 2.24. The number of carbonyl (C=O) groups excluding carboxylic acids is 2. The zero-order valence-corrected chi connectivity index (χ0v) is 16.8. The lowest BCUT2D eigenvalue weighted by Crippen LogP contribution is -2.33. The van der Waals surface area contributed by atoms with Crippen molar-refractivity contribution in [2.24, 2.45) is 0 Å². The van der Waals surface area contributed by atoms with Crippen LogP contribution in [0, 0.1) is 20.8 Å². The first-order valence-corrected chi connectivity index (χ1v) is 9.46. The van der Waals surface area contributed by atoms with E-state index >= 15 is 0 Å². The Kier molecular flexibility index (Phi) is 5.32. The smallest absolute Gasteiger partial charge is 0.342 e. The SMILES string of the molecule is Cc1oc(C)c(C(=O)OCC(=O)N(C)[C@@H](C)c2nc3ccccc3s2)c1C. The van der Waals surface area contributed by atoms with Crippen molar-refractivity contribution in [2.45, 2.75) is 33.7 Å². The van der Waals surface area contributed by atoms with Gasteiger partial charge in [-0.05, 0) is 39.8 Å². The Morgan fingerprint density at radius 3 is 2.56 bits per heavy atom. The van der Waals surface area contributed by atoms with Crippen molar-refractivity contribution in [2.75, 3.05) is 13.7 Å². The predicted octanol–water partition coefficient (Wildman–Crippen LogP) is 4.19. The van der Waals surface area contributed by atoms with Crippen LogP contribution < -0.4 is 0 Å². The minimum atomic E-state index is -0.545. The molecule has 3 aromatic rings. The number of likely N-dealkylation sites (N-methyl/N-ethyl adjacent to an activating group) is 1. The number of hydrogen-bond donors (Lipinski definition) is 0. The van der Waals surface area contributed by atoms with Gasteiger partial charge in [-0.25, -0.2) is 9.78 Å². The first kappa shape index (κ1) is 19.1. The number of benzene rings is 1. The van der Waals surface area contributed by atoms with Crippen LogP contribution in [0.3, 0.4) is 0 Å². The number of hydrogen-bond acceptors (Lipinski definition) is 6. The lowest BCUT2D eigenvalue weighted by molar-refractivity contribution is -0.135. The highest BCUT2D eigenvalue weighted by atomic mass is 32.1. The molecule has 1 amide bonds. The van der Waals surface area contributed by atoms with Crippen LogP contribution in [0.4, 0.5) is 0 Å². The average Bonchev–Trinajstić information content (AvgIpc) is 3.19. The second-order valence-electron chi connectivity index (χ2n) is 6.49. The monoisotopic (exact) mass is 386 g/mol. The van der Waals surface area contributed by atoms with Crippen LogP contribution in [0.1, 0.15) is 45.4 Å². The molecular weight excluding hydrogens is 364 g/mol. The summed E-state index contributed by atoms with van der Waals surface area (Å²) in [5, 5.41) is 0.843. The number of furan rings is 1. The quantitative estimate of drug-likeness (QED) is 0.615. The Balaban J connectivity index is 1.65. The lowest BCUT2D eigenvalue weighted by atomic mass is 10.1. The molecule has 0 aliphatic carbocycles. The Morgan fingerprint density at radius 2 is 1.93 bits per heavy atom. The summed E-state index contributed by atoms with van der Waals surface area (Å²) in [6, 6.07) is 7.64. The van der Waals surface area contributed by atoms with E-state index in [2.05, 4.69) is 4.98 Å². The van der Waals surface area contributed by atoms with E-state index in [-0.39, 0.29) is 18.6 Å². The van der Waals surface area contributed by atoms with Gasteiger partial charge in [0.05, 0.1) is 16.3 Å². The van der Waals surface area contributed by atoms with E-state index in [1.807, 2.05) is 31.2 Å². The second kappa shape index (κ2) is 7.52. The molecule has 0 bridgehead atoms. The van der Waals surface area contributed by atoms with Crippen LogP contribution in [-0.4, -0.2) is 35.4 Å². The highest BCUT2D eigenvalue weighted by molar-refractivity contribution is 7.18. The Labute approximate surface area is 161 Å². The molecule has 3 rings (SSSR count). The fourth-order valence-electron chi connectivity index (χ4n) is 2.85. The average molecular weight is 386 g/mol. The fourth-order valence-corrected chi connectivity index (χ4v) is 3.91. The number of nitrogens with zero attached hydrogens (tertiary/aromatic N) is 2. The first-order chi connectivity index (χ1) is 12.8. The summed E-state index contributed by atoms with van der Waals surface area (Å²) < 4.78 is 11.7. The maximum Gasteiger partial charge on any atom is 0.342 e. The molecule has 0 spiro atoms. The van der Waals surface area contributed by atoms with Crippen molar-refractivity contribution >= 4 is 33.4 Å². The van der Waals surface area contributed by atoms with Gasteiger partial charge in [-0.1, -0.05) is 12.1 Å². The summed E-state index contributed by atoms with van der Waals surface area (Å²) in [6.07, 6.45) is 0. The van der Waals surface area contributed by atoms with Gasteiger partial charge in [0.1, 0.15) is 22.1 Å². The summed E-state index contributed by atoms with van der Waals surface area (Å²) in [7, 11) is 1.69. The van der Waals surface area contributed by atoms with Crippen molar-refractivity contribution < 1.29 is 18.7 Å². The zero-order chi connectivity index (χ0) is 19.7. The van der Waals surface area contributed by atoms with E-state index in [1.165, 1.54) is 0 Å². The van der Waals surface area contributed by atoms with Crippen molar-refractivity contribution in [3.05, 3.63) is 51.9 Å². The number of ether oxygens (including phenoxy) is 1. The number of aryl methyl sites for hydroxylation is 2. The molecule has 0 unspecified atom stereocenters. The van der Waals surface area contributed by atoms with Gasteiger partial charge >= 0.3 is 5.97 Å². The summed E-state index contributed by atoms with van der Waals surface area (Å²) >= 11 is 1.55. The molecule has 0 saturated carbocycles. The van der Waals surface area contributed by atoms with E-state index in [4.69, 9.17) is 9.15 Å². The topological polar surface area (TPSA) is 72.6 Å². The molecule has 7 heteroatoms. The molecule has 0 aliphatic rings. The third-order valence-corrected chi connectivity index (χ3v) is 5.94. The number of aromatic nitrogens is 1. The number of amides is 1. The molecule has 0 N–H and O–H groups in total. The van der Waals surface area contributed by atoms with Crippen LogP contribution in [0.5, 0.6) is 0 Å². The number of para-hydroxylation sites is 1. The third kappa shape index (κ3) is 3.73. The van der Waals surface area contributed by atoms with Crippen LogP contribution in [0.25, 0.3) is 10.2 Å². The molecular formula is C20H22N2O4S. The summed E-state index contributed by atoms with van der Waals surface area (Å²) in [5.41, 5.74) is 2.04. The number of rotatable bonds is 5. The largest absolute Gasteiger partial charge is 0.465 e. The molecule has 2 aromatic heterocycles. The molecule has 0 radical (unpaired) electrons. The van der Waals surface area contributed by atoms with Gasteiger partial charge in [0.25, 0.3) is 5.91 Å². The van der Waals surface area contributed by atoms with Gasteiger partial charge in [0.2, 0.25) is 0 Å². The molecule has 0 saturated heterocycles. The molecule has 6 nitrogen and oxygen atoms in total. The maximum absolute atomic E-state index is 12.5. The van der Waals surface area contributed by atoms with E-state index in [0.29, 0.717) is 17.1 Å². The highest BCUT2D eigenvalue weighted by Crippen LogP contribution is 2.29. The van der Waals surface area contributed by atoms with Crippen molar-refractivity contribution in [3.63, 3.8) is 0 Å². The Hall–Kier alpha value is -2.67. The minimum absolute atomic E-state index is 0.215. The van der Waals surface area contributed by atoms with Crippen molar-refractivity contribution in [1.29, 1.82) is 0 Å². The van der Waals surface area contributed by atoms with Crippen LogP contribution >= 0.6 is 11.3 Å². The van der Waals surface area contributed by atoms with Crippen molar-refractivity contribution in [3.8, 4) is 0 Å². The fraction of sp³-hybridized carbons (Fsp3) is 0.350. The predicted molar refractivity (Wildman–Crippen MR) is 104 cm³/mol. The number of fused-ring (bicyclic) bond motifs is 1. The van der Waals surface area contributed by atoms with Gasteiger partial charge in [-0.2, -0.15) is 0 Å². The summed E-state index contributed by atoms with van der Waals surface area (Å²) in [6.45, 7) is 6.88. The molecule has 142 valence electrons. The van der Waals surface area contributed by atoms with E-state index < -0.39 is 5.97 Å². The van der Waals surface area contributed by atoms with Crippen molar-refractivity contribution in [1.82, 2.24) is 9.88 Å². The number of thiazole rings is 1. The first-order valence-electron chi connectivity index (χ1n) is 8.64. The summed E-state index contributed by atoms with van der Waals surface area (Å²) in [5.74, 6) is 0.341. The van der Waals surface area contributed by atoms with Crippen LogP contribution in [0.15, 0.2) is 28.7 Å². The van der Waals surface area contributed by atoms with Gasteiger partial charge < -0.3 is 14.1 Å². The van der Waals surface area contributed by atoms with Crippen LogP contribution in [-0.2, 0) is 9.53 Å². The molecule has 1 atom stereocenters. The summed E-state index contributed by atoms with van der Waals surface area (Å²) in [4.78, 5) is 30.9.